The predicted molar refractivity (Wildman–Crippen MR) is 140 cm³/mol. The van der Waals surface area contributed by atoms with Crippen LogP contribution in [0.25, 0.3) is 21.6 Å². The quantitative estimate of drug-likeness (QED) is 0.206. The van der Waals surface area contributed by atoms with Gasteiger partial charge in [-0.05, 0) is 66.7 Å². The average molecular weight is 508 g/mol. The van der Waals surface area contributed by atoms with Crippen LogP contribution in [0.5, 0.6) is 5.75 Å². The first-order valence-electron chi connectivity index (χ1n) is 10.6. The van der Waals surface area contributed by atoms with E-state index >= 15 is 0 Å². The number of aromatic nitrogens is 2. The summed E-state index contributed by atoms with van der Waals surface area (Å²) in [6.45, 7) is 3.41. The number of thiazole rings is 1. The zero-order valence-electron chi connectivity index (χ0n) is 18.2. The largest absolute Gasteiger partial charge is 0.488 e. The molecule has 0 aliphatic rings. The van der Waals surface area contributed by atoms with Crippen molar-refractivity contribution in [2.24, 2.45) is 0 Å². The van der Waals surface area contributed by atoms with Crippen LogP contribution in [0.1, 0.15) is 22.2 Å². The van der Waals surface area contributed by atoms with Crippen molar-refractivity contribution in [1.29, 1.82) is 0 Å². The normalized spacial score (nSPS) is 11.1. The number of aromatic carboxylic acids is 1. The van der Waals surface area contributed by atoms with Crippen LogP contribution in [-0.4, -0.2) is 27.6 Å². The topological polar surface area (TPSA) is 78.5 Å². The van der Waals surface area contributed by atoms with Crippen LogP contribution >= 0.6 is 34.6 Å². The fraction of sp³-hybridized carbons (Fsp3) is 0.120. The first kappa shape index (κ1) is 22.5. The van der Waals surface area contributed by atoms with E-state index in [1.165, 1.54) is 16.3 Å². The Balaban J connectivity index is 1.34. The SMILES string of the molecule is CCN(Sc1cccs1)c1cccc2cc(-c3ncc(COc4ccc(C(=O)O)cc4)s3)[nH]c12. The summed E-state index contributed by atoms with van der Waals surface area (Å²) in [5.41, 5.74) is 3.45. The molecule has 0 aliphatic carbocycles. The number of ether oxygens (including phenoxy) is 1. The van der Waals surface area contributed by atoms with E-state index in [0.29, 0.717) is 12.4 Å². The van der Waals surface area contributed by atoms with Crippen molar-refractivity contribution < 1.29 is 14.6 Å². The van der Waals surface area contributed by atoms with Gasteiger partial charge in [0.25, 0.3) is 0 Å². The van der Waals surface area contributed by atoms with E-state index in [2.05, 4.69) is 63.0 Å². The lowest BCUT2D eigenvalue weighted by Gasteiger charge is -2.21. The lowest BCUT2D eigenvalue weighted by molar-refractivity contribution is 0.0697. The van der Waals surface area contributed by atoms with Crippen LogP contribution in [0.2, 0.25) is 0 Å². The van der Waals surface area contributed by atoms with Crippen molar-refractivity contribution in [3.63, 3.8) is 0 Å². The molecule has 0 unspecified atom stereocenters. The number of fused-ring (bicyclic) bond motifs is 1. The monoisotopic (exact) mass is 507 g/mol. The Labute approximate surface area is 209 Å². The number of carboxylic acid groups (broad SMARTS) is 1. The number of carboxylic acids is 1. The highest BCUT2D eigenvalue weighted by molar-refractivity contribution is 8.02. The number of carbonyl (C=O) groups is 1. The zero-order chi connectivity index (χ0) is 23.5. The van der Waals surface area contributed by atoms with Crippen molar-refractivity contribution in [2.75, 3.05) is 10.8 Å². The van der Waals surface area contributed by atoms with E-state index in [-0.39, 0.29) is 5.56 Å². The number of hydrogen-bond donors (Lipinski definition) is 2. The highest BCUT2D eigenvalue weighted by atomic mass is 32.2. The maximum atomic E-state index is 11.0. The van der Waals surface area contributed by atoms with Crippen LogP contribution in [0.15, 0.2) is 76.4 Å². The third-order valence-electron chi connectivity index (χ3n) is 5.15. The summed E-state index contributed by atoms with van der Waals surface area (Å²) in [5, 5.41) is 13.1. The highest BCUT2D eigenvalue weighted by Crippen LogP contribution is 2.37. The second-order valence-corrected chi connectivity index (χ2v) is 10.8. The van der Waals surface area contributed by atoms with Gasteiger partial charge in [-0.2, -0.15) is 0 Å². The molecule has 5 aromatic rings. The fourth-order valence-electron chi connectivity index (χ4n) is 3.52. The lowest BCUT2D eigenvalue weighted by atomic mass is 10.2. The summed E-state index contributed by atoms with van der Waals surface area (Å²) in [5.74, 6) is -0.328. The number of nitrogens with one attached hydrogen (secondary N) is 1. The number of thiophene rings is 1. The van der Waals surface area contributed by atoms with Crippen molar-refractivity contribution >= 4 is 57.2 Å². The van der Waals surface area contributed by atoms with E-state index in [1.54, 1.807) is 46.8 Å². The summed E-state index contributed by atoms with van der Waals surface area (Å²) in [6.07, 6.45) is 1.82. The molecule has 0 saturated heterocycles. The minimum Gasteiger partial charge on any atom is -0.488 e. The second kappa shape index (κ2) is 9.92. The van der Waals surface area contributed by atoms with E-state index in [1.807, 2.05) is 6.20 Å². The molecule has 6 nitrogen and oxygen atoms in total. The fourth-order valence-corrected chi connectivity index (χ4v) is 6.11. The van der Waals surface area contributed by atoms with Crippen LogP contribution in [-0.2, 0) is 6.61 Å². The summed E-state index contributed by atoms with van der Waals surface area (Å²) in [6, 6.07) is 19.1. The second-order valence-electron chi connectivity index (χ2n) is 7.39. The molecule has 3 heterocycles. The zero-order valence-corrected chi connectivity index (χ0v) is 20.7. The molecule has 0 aliphatic heterocycles. The maximum Gasteiger partial charge on any atom is 0.335 e. The van der Waals surface area contributed by atoms with Gasteiger partial charge in [0.05, 0.1) is 31.5 Å². The van der Waals surface area contributed by atoms with Crippen molar-refractivity contribution in [3.8, 4) is 16.5 Å². The molecule has 0 atom stereocenters. The summed E-state index contributed by atoms with van der Waals surface area (Å²) >= 11 is 5.06. The van der Waals surface area contributed by atoms with Crippen molar-refractivity contribution in [3.05, 3.63) is 82.7 Å². The molecule has 0 saturated carbocycles. The Hall–Kier alpha value is -3.27. The summed E-state index contributed by atoms with van der Waals surface area (Å²) in [4.78, 5) is 20.2. The van der Waals surface area contributed by atoms with Gasteiger partial charge in [0, 0.05) is 18.1 Å². The Morgan fingerprint density at radius 2 is 2.03 bits per heavy atom. The third kappa shape index (κ3) is 4.82. The van der Waals surface area contributed by atoms with Gasteiger partial charge in [0.15, 0.2) is 0 Å². The highest BCUT2D eigenvalue weighted by Gasteiger charge is 2.15. The Morgan fingerprint density at radius 3 is 2.76 bits per heavy atom. The van der Waals surface area contributed by atoms with Crippen LogP contribution in [0.4, 0.5) is 5.69 Å². The molecule has 0 radical (unpaired) electrons. The van der Waals surface area contributed by atoms with E-state index < -0.39 is 5.97 Å². The standard InChI is InChI=1S/C25H21N3O3S3/c1-2-28(34-22-7-4-12-32-22)21-6-3-5-17-13-20(27-23(17)21)24-26-14-19(33-24)15-31-18-10-8-16(9-11-18)25(29)30/h3-14,27H,2,15H2,1H3,(H,29,30). The molecule has 0 fully saturated rings. The predicted octanol–water partition coefficient (Wildman–Crippen LogP) is 7.16. The molecule has 172 valence electrons. The van der Waals surface area contributed by atoms with Gasteiger partial charge >= 0.3 is 5.97 Å². The number of para-hydroxylation sites is 1. The lowest BCUT2D eigenvalue weighted by Crippen LogP contribution is -2.13. The molecule has 0 amide bonds. The van der Waals surface area contributed by atoms with Crippen LogP contribution in [0.3, 0.4) is 0 Å². The smallest absolute Gasteiger partial charge is 0.335 e. The molecule has 0 spiro atoms. The summed E-state index contributed by atoms with van der Waals surface area (Å²) < 4.78 is 9.36. The van der Waals surface area contributed by atoms with Gasteiger partial charge < -0.3 is 19.1 Å². The number of nitrogens with zero attached hydrogens (tertiary/aromatic N) is 2. The summed E-state index contributed by atoms with van der Waals surface area (Å²) in [7, 11) is 0. The minimum atomic E-state index is -0.952. The number of benzene rings is 2. The molecule has 3 aromatic heterocycles. The number of anilines is 1. The third-order valence-corrected chi connectivity index (χ3v) is 8.32. The van der Waals surface area contributed by atoms with Crippen molar-refractivity contribution in [2.45, 2.75) is 17.7 Å². The molecule has 34 heavy (non-hydrogen) atoms. The van der Waals surface area contributed by atoms with Crippen LogP contribution in [0, 0.1) is 0 Å². The molecule has 2 N–H and O–H groups in total. The van der Waals surface area contributed by atoms with Crippen LogP contribution < -0.4 is 9.04 Å². The number of aromatic amines is 1. The average Bonchev–Trinajstić information content (AvgIpc) is 3.62. The van der Waals surface area contributed by atoms with Gasteiger partial charge in [-0.3, -0.25) is 0 Å². The molecule has 0 bridgehead atoms. The maximum absolute atomic E-state index is 11.0. The van der Waals surface area contributed by atoms with E-state index in [0.717, 1.165) is 38.7 Å². The Morgan fingerprint density at radius 1 is 1.18 bits per heavy atom. The van der Waals surface area contributed by atoms with Gasteiger partial charge in [-0.15, -0.1) is 22.7 Å². The molecular formula is C25H21N3O3S3. The van der Waals surface area contributed by atoms with Gasteiger partial charge in [0.2, 0.25) is 0 Å². The molecule has 5 rings (SSSR count). The Kier molecular flexibility index (Phi) is 6.57. The molecular weight excluding hydrogens is 486 g/mol. The number of rotatable bonds is 9. The van der Waals surface area contributed by atoms with E-state index in [4.69, 9.17) is 9.84 Å². The van der Waals surface area contributed by atoms with Gasteiger partial charge in [-0.25, -0.2) is 9.78 Å². The van der Waals surface area contributed by atoms with Crippen molar-refractivity contribution in [1.82, 2.24) is 9.97 Å². The van der Waals surface area contributed by atoms with E-state index in [9.17, 15) is 4.79 Å². The number of hydrogen-bond acceptors (Lipinski definition) is 7. The molecule has 2 aromatic carbocycles. The number of H-pyrrole nitrogens is 1. The Bertz CT molecular complexity index is 1410. The van der Waals surface area contributed by atoms with Gasteiger partial charge in [-0.1, -0.05) is 18.2 Å². The molecule has 9 heteroatoms. The van der Waals surface area contributed by atoms with Gasteiger partial charge in [0.1, 0.15) is 17.4 Å². The first-order chi connectivity index (χ1) is 16.6. The minimum absolute atomic E-state index is 0.237. The first-order valence-corrected chi connectivity index (χ1v) is 13.1.